The van der Waals surface area contributed by atoms with Gasteiger partial charge in [0.15, 0.2) is 0 Å². The Kier molecular flexibility index (Phi) is 7.80. The normalized spacial score (nSPS) is 11.4. The number of para-hydroxylation sites is 1. The van der Waals surface area contributed by atoms with Crippen molar-refractivity contribution in [2.24, 2.45) is 5.92 Å². The summed E-state index contributed by atoms with van der Waals surface area (Å²) in [5.74, 6) is -2.45. The molecular formula is C17H23NO5. The largest absolute Gasteiger partial charge is 0.465 e. The lowest BCUT2D eigenvalue weighted by Gasteiger charge is -2.16. The average Bonchev–Trinajstić information content (AvgIpc) is 2.53. The Bertz CT molecular complexity index is 556. The first-order valence-corrected chi connectivity index (χ1v) is 7.78. The molecule has 0 aromatic heterocycles. The van der Waals surface area contributed by atoms with Crippen LogP contribution in [0.1, 0.15) is 44.0 Å². The maximum absolute atomic E-state index is 12.4. The fourth-order valence-electron chi connectivity index (χ4n) is 2.09. The van der Waals surface area contributed by atoms with Gasteiger partial charge in [-0.15, -0.1) is 0 Å². The van der Waals surface area contributed by atoms with Gasteiger partial charge >= 0.3 is 11.9 Å². The van der Waals surface area contributed by atoms with E-state index in [1.807, 2.05) is 6.92 Å². The lowest BCUT2D eigenvalue weighted by molar-refractivity contribution is -0.151. The number of anilines is 1. The molecule has 1 aromatic rings. The highest BCUT2D eigenvalue weighted by Gasteiger charge is 2.28. The summed E-state index contributed by atoms with van der Waals surface area (Å²) < 4.78 is 9.90. The van der Waals surface area contributed by atoms with Crippen LogP contribution in [0, 0.1) is 5.92 Å². The molecule has 0 heterocycles. The van der Waals surface area contributed by atoms with Crippen LogP contribution in [0.4, 0.5) is 5.69 Å². The number of rotatable bonds is 8. The summed E-state index contributed by atoms with van der Waals surface area (Å²) in [5, 5.41) is 2.63. The summed E-state index contributed by atoms with van der Waals surface area (Å²) in [6.07, 6.45) is 1.04. The third-order valence-electron chi connectivity index (χ3n) is 3.15. The third kappa shape index (κ3) is 5.39. The van der Waals surface area contributed by atoms with Gasteiger partial charge in [-0.25, -0.2) is 4.79 Å². The zero-order valence-electron chi connectivity index (χ0n) is 13.8. The van der Waals surface area contributed by atoms with Crippen molar-refractivity contribution in [3.8, 4) is 0 Å². The number of benzene rings is 1. The molecule has 0 spiro atoms. The Morgan fingerprint density at radius 2 is 1.70 bits per heavy atom. The van der Waals surface area contributed by atoms with E-state index in [4.69, 9.17) is 9.47 Å². The van der Waals surface area contributed by atoms with Gasteiger partial charge in [0.25, 0.3) is 0 Å². The average molecular weight is 321 g/mol. The van der Waals surface area contributed by atoms with Gasteiger partial charge in [-0.1, -0.05) is 25.5 Å². The van der Waals surface area contributed by atoms with E-state index in [0.29, 0.717) is 18.5 Å². The molecule has 23 heavy (non-hydrogen) atoms. The van der Waals surface area contributed by atoms with Crippen molar-refractivity contribution in [2.45, 2.75) is 33.6 Å². The summed E-state index contributed by atoms with van der Waals surface area (Å²) in [6.45, 7) is 5.73. The Morgan fingerprint density at radius 3 is 2.30 bits per heavy atom. The summed E-state index contributed by atoms with van der Waals surface area (Å²) >= 11 is 0. The smallest absolute Gasteiger partial charge is 0.340 e. The molecular weight excluding hydrogens is 298 g/mol. The second kappa shape index (κ2) is 9.61. The minimum Gasteiger partial charge on any atom is -0.465 e. The van der Waals surface area contributed by atoms with Gasteiger partial charge < -0.3 is 14.8 Å². The molecule has 1 unspecified atom stereocenters. The van der Waals surface area contributed by atoms with Crippen molar-refractivity contribution in [2.75, 3.05) is 18.5 Å². The number of ether oxygens (including phenoxy) is 2. The number of amides is 1. The van der Waals surface area contributed by atoms with Crippen LogP contribution in [0.2, 0.25) is 0 Å². The Hall–Kier alpha value is -2.37. The van der Waals surface area contributed by atoms with E-state index >= 15 is 0 Å². The first-order chi connectivity index (χ1) is 11.0. The molecule has 0 bridgehead atoms. The van der Waals surface area contributed by atoms with Gasteiger partial charge in [0.2, 0.25) is 5.91 Å². The van der Waals surface area contributed by atoms with Crippen molar-refractivity contribution < 1.29 is 23.9 Å². The van der Waals surface area contributed by atoms with Gasteiger partial charge in [0.05, 0.1) is 24.5 Å². The molecule has 1 aromatic carbocycles. The third-order valence-corrected chi connectivity index (χ3v) is 3.15. The van der Waals surface area contributed by atoms with Gasteiger partial charge in [-0.05, 0) is 32.4 Å². The number of carbonyl (C=O) groups excluding carboxylic acids is 3. The molecule has 0 aliphatic carbocycles. The van der Waals surface area contributed by atoms with E-state index in [0.717, 1.165) is 0 Å². The molecule has 1 amide bonds. The van der Waals surface area contributed by atoms with Crippen LogP contribution in [0.25, 0.3) is 0 Å². The summed E-state index contributed by atoms with van der Waals surface area (Å²) in [5.41, 5.74) is 0.572. The predicted molar refractivity (Wildman–Crippen MR) is 86.1 cm³/mol. The van der Waals surface area contributed by atoms with Crippen LogP contribution in [-0.4, -0.2) is 31.1 Å². The van der Waals surface area contributed by atoms with Crippen LogP contribution in [-0.2, 0) is 19.1 Å². The van der Waals surface area contributed by atoms with Crippen LogP contribution >= 0.6 is 0 Å². The zero-order valence-corrected chi connectivity index (χ0v) is 13.8. The first kappa shape index (κ1) is 18.7. The van der Waals surface area contributed by atoms with E-state index in [9.17, 15) is 14.4 Å². The van der Waals surface area contributed by atoms with Gasteiger partial charge in [0, 0.05) is 0 Å². The number of nitrogens with one attached hydrogen (secondary N) is 1. The molecule has 0 radical (unpaired) electrons. The maximum atomic E-state index is 12.4. The summed E-state index contributed by atoms with van der Waals surface area (Å²) in [4.78, 5) is 36.2. The molecule has 0 fully saturated rings. The minimum atomic E-state index is -0.893. The molecule has 6 heteroatoms. The van der Waals surface area contributed by atoms with Crippen LogP contribution in [0.15, 0.2) is 24.3 Å². The Labute approximate surface area is 136 Å². The van der Waals surface area contributed by atoms with E-state index in [1.54, 1.807) is 38.1 Å². The number of hydrogen-bond donors (Lipinski definition) is 1. The maximum Gasteiger partial charge on any atom is 0.340 e. The van der Waals surface area contributed by atoms with Crippen molar-refractivity contribution in [1.82, 2.24) is 0 Å². The number of carbonyl (C=O) groups is 3. The van der Waals surface area contributed by atoms with Gasteiger partial charge in [-0.2, -0.15) is 0 Å². The van der Waals surface area contributed by atoms with Crippen LogP contribution in [0.3, 0.4) is 0 Å². The molecule has 0 saturated carbocycles. The van der Waals surface area contributed by atoms with Crippen molar-refractivity contribution in [3.05, 3.63) is 29.8 Å². The predicted octanol–water partition coefficient (Wildman–Crippen LogP) is 2.78. The number of esters is 2. The SMILES string of the molecule is CCCC(C(=O)Nc1ccccc1C(=O)OCC)C(=O)OCC. The standard InChI is InChI=1S/C17H23NO5/c1-4-9-13(17(21)23-6-3)15(19)18-14-11-8-7-10-12(14)16(20)22-5-2/h7-8,10-11,13H,4-6,9H2,1-3H3,(H,18,19). The Balaban J connectivity index is 2.94. The van der Waals surface area contributed by atoms with E-state index in [2.05, 4.69) is 5.32 Å². The highest BCUT2D eigenvalue weighted by Crippen LogP contribution is 2.19. The second-order valence-electron chi connectivity index (χ2n) is 4.85. The van der Waals surface area contributed by atoms with E-state index in [1.165, 1.54) is 0 Å². The molecule has 1 rings (SSSR count). The molecule has 0 saturated heterocycles. The molecule has 1 atom stereocenters. The van der Waals surface area contributed by atoms with Crippen LogP contribution < -0.4 is 5.32 Å². The van der Waals surface area contributed by atoms with E-state index in [-0.39, 0.29) is 18.8 Å². The van der Waals surface area contributed by atoms with Crippen molar-refractivity contribution in [1.29, 1.82) is 0 Å². The zero-order chi connectivity index (χ0) is 17.2. The summed E-state index contributed by atoms with van der Waals surface area (Å²) in [7, 11) is 0. The molecule has 1 N–H and O–H groups in total. The van der Waals surface area contributed by atoms with Crippen LogP contribution in [0.5, 0.6) is 0 Å². The van der Waals surface area contributed by atoms with Gasteiger partial charge in [-0.3, -0.25) is 9.59 Å². The fraction of sp³-hybridized carbons (Fsp3) is 0.471. The minimum absolute atomic E-state index is 0.214. The topological polar surface area (TPSA) is 81.7 Å². The molecule has 6 nitrogen and oxygen atoms in total. The highest BCUT2D eigenvalue weighted by atomic mass is 16.5. The summed E-state index contributed by atoms with van der Waals surface area (Å²) in [6, 6.07) is 6.53. The lowest BCUT2D eigenvalue weighted by Crippen LogP contribution is -2.31. The number of hydrogen-bond acceptors (Lipinski definition) is 5. The van der Waals surface area contributed by atoms with Crippen molar-refractivity contribution in [3.63, 3.8) is 0 Å². The second-order valence-corrected chi connectivity index (χ2v) is 4.85. The van der Waals surface area contributed by atoms with E-state index < -0.39 is 23.8 Å². The van der Waals surface area contributed by atoms with Crippen molar-refractivity contribution >= 4 is 23.5 Å². The molecule has 126 valence electrons. The van der Waals surface area contributed by atoms with Gasteiger partial charge in [0.1, 0.15) is 5.92 Å². The highest BCUT2D eigenvalue weighted by molar-refractivity contribution is 6.07. The Morgan fingerprint density at radius 1 is 1.04 bits per heavy atom. The quantitative estimate of drug-likeness (QED) is 0.588. The monoisotopic (exact) mass is 321 g/mol. The fourth-order valence-corrected chi connectivity index (χ4v) is 2.09. The molecule has 0 aliphatic rings. The first-order valence-electron chi connectivity index (χ1n) is 7.78. The lowest BCUT2D eigenvalue weighted by atomic mass is 10.0. The molecule has 0 aliphatic heterocycles.